The van der Waals surface area contributed by atoms with Crippen LogP contribution in [0.15, 0.2) is 41.9 Å². The predicted octanol–water partition coefficient (Wildman–Crippen LogP) is 4.16. The van der Waals surface area contributed by atoms with Crippen LogP contribution in [0.4, 0.5) is 4.39 Å². The lowest BCUT2D eigenvalue weighted by Crippen LogP contribution is -2.23. The van der Waals surface area contributed by atoms with Gasteiger partial charge >= 0.3 is 0 Å². The molecule has 1 aromatic heterocycles. The number of carbonyl (C=O) groups is 1. The highest BCUT2D eigenvalue weighted by Gasteiger charge is 2.12. The number of amides is 1. The van der Waals surface area contributed by atoms with E-state index in [2.05, 4.69) is 22.1 Å². The Kier molecular flexibility index (Phi) is 5.82. The van der Waals surface area contributed by atoms with Gasteiger partial charge in [-0.1, -0.05) is 12.1 Å². The fraction of sp³-hybridized carbons (Fsp3) is 0.200. The van der Waals surface area contributed by atoms with E-state index in [0.717, 1.165) is 10.2 Å². The van der Waals surface area contributed by atoms with E-state index in [9.17, 15) is 9.18 Å². The topological polar surface area (TPSA) is 51.2 Å². The number of hydrogen-bond donors (Lipinski definition) is 1. The lowest BCUT2D eigenvalue weighted by atomic mass is 10.1. The second-order valence-corrected chi connectivity index (χ2v) is 6.36. The monoisotopic (exact) mass is 368 g/mol. The van der Waals surface area contributed by atoms with Crippen LogP contribution in [0.5, 0.6) is 5.75 Å². The maximum atomic E-state index is 14.5. The summed E-state index contributed by atoms with van der Waals surface area (Å²) < 4.78 is 20.8. The van der Waals surface area contributed by atoms with Crippen molar-refractivity contribution < 1.29 is 13.9 Å². The molecule has 0 aliphatic carbocycles. The van der Waals surface area contributed by atoms with Gasteiger partial charge in [0.2, 0.25) is 0 Å². The standard InChI is InChI=1S/C20H17FN2O2S/c1-2-3-4-10-25-17-7-5-6-15(19(17)21)12-22-20(24)14-8-9-16-18(11-14)26-13-23-16/h5-9,11,13H,4,10,12H2,1H3,(H,22,24). The van der Waals surface area contributed by atoms with Crippen LogP contribution in [0.2, 0.25) is 0 Å². The SMILES string of the molecule is CC#CCCOc1cccc(CNC(=O)c2ccc3ncsc3c2)c1F. The number of rotatable bonds is 6. The Bertz CT molecular complexity index is 988. The lowest BCUT2D eigenvalue weighted by Gasteiger charge is -2.10. The first-order chi connectivity index (χ1) is 12.7. The van der Waals surface area contributed by atoms with Gasteiger partial charge in [-0.05, 0) is 31.2 Å². The molecular formula is C20H17FN2O2S. The fourth-order valence-corrected chi connectivity index (χ4v) is 3.13. The molecule has 26 heavy (non-hydrogen) atoms. The minimum Gasteiger partial charge on any atom is -0.490 e. The minimum absolute atomic E-state index is 0.0807. The molecule has 132 valence electrons. The first-order valence-corrected chi connectivity index (χ1v) is 8.98. The van der Waals surface area contributed by atoms with Crippen molar-refractivity contribution in [1.82, 2.24) is 10.3 Å². The van der Waals surface area contributed by atoms with Gasteiger partial charge in [0, 0.05) is 24.1 Å². The largest absolute Gasteiger partial charge is 0.490 e. The Morgan fingerprint density at radius 2 is 2.23 bits per heavy atom. The van der Waals surface area contributed by atoms with Crippen molar-refractivity contribution in [2.24, 2.45) is 0 Å². The average Bonchev–Trinajstić information content (AvgIpc) is 3.13. The number of nitrogens with one attached hydrogen (secondary N) is 1. The second kappa shape index (κ2) is 8.45. The molecule has 1 heterocycles. The molecule has 0 spiro atoms. The maximum Gasteiger partial charge on any atom is 0.251 e. The number of hydrogen-bond acceptors (Lipinski definition) is 4. The summed E-state index contributed by atoms with van der Waals surface area (Å²) >= 11 is 1.47. The molecular weight excluding hydrogens is 351 g/mol. The molecule has 3 rings (SSSR count). The molecule has 3 aromatic rings. The van der Waals surface area contributed by atoms with E-state index in [1.807, 2.05) is 0 Å². The highest BCUT2D eigenvalue weighted by atomic mass is 32.1. The number of fused-ring (bicyclic) bond motifs is 1. The van der Waals surface area contributed by atoms with Crippen LogP contribution >= 0.6 is 11.3 Å². The number of aromatic nitrogens is 1. The van der Waals surface area contributed by atoms with Gasteiger partial charge in [0.25, 0.3) is 5.91 Å². The normalized spacial score (nSPS) is 10.2. The van der Waals surface area contributed by atoms with Crippen LogP contribution in [0, 0.1) is 17.7 Å². The molecule has 0 atom stereocenters. The minimum atomic E-state index is -0.463. The first kappa shape index (κ1) is 17.9. The molecule has 0 aliphatic rings. The van der Waals surface area contributed by atoms with Crippen molar-refractivity contribution >= 4 is 27.5 Å². The molecule has 2 aromatic carbocycles. The molecule has 0 bridgehead atoms. The molecule has 0 radical (unpaired) electrons. The summed E-state index contributed by atoms with van der Waals surface area (Å²) in [6.45, 7) is 2.15. The van der Waals surface area contributed by atoms with Crippen molar-refractivity contribution in [3.63, 3.8) is 0 Å². The van der Waals surface area contributed by atoms with Gasteiger partial charge < -0.3 is 10.1 Å². The van der Waals surface area contributed by atoms with Gasteiger partial charge in [-0.15, -0.1) is 23.2 Å². The van der Waals surface area contributed by atoms with Gasteiger partial charge in [0.1, 0.15) is 0 Å². The van der Waals surface area contributed by atoms with Crippen LogP contribution in [-0.2, 0) is 6.54 Å². The van der Waals surface area contributed by atoms with Crippen LogP contribution in [0.1, 0.15) is 29.3 Å². The molecule has 4 nitrogen and oxygen atoms in total. The predicted molar refractivity (Wildman–Crippen MR) is 101 cm³/mol. The third kappa shape index (κ3) is 4.19. The Morgan fingerprint density at radius 3 is 3.08 bits per heavy atom. The van der Waals surface area contributed by atoms with Crippen molar-refractivity contribution in [2.75, 3.05) is 6.61 Å². The smallest absolute Gasteiger partial charge is 0.251 e. The van der Waals surface area contributed by atoms with E-state index in [1.165, 1.54) is 11.3 Å². The number of halogens is 1. The Balaban J connectivity index is 1.64. The van der Waals surface area contributed by atoms with E-state index < -0.39 is 5.82 Å². The molecule has 0 aliphatic heterocycles. The van der Waals surface area contributed by atoms with Crippen LogP contribution in [0.25, 0.3) is 10.2 Å². The van der Waals surface area contributed by atoms with Gasteiger partial charge in [0.05, 0.1) is 22.3 Å². The Labute approximate surface area is 155 Å². The molecule has 1 N–H and O–H groups in total. The van der Waals surface area contributed by atoms with E-state index in [4.69, 9.17) is 4.74 Å². The third-order valence-corrected chi connectivity index (χ3v) is 4.53. The second-order valence-electron chi connectivity index (χ2n) is 5.47. The fourth-order valence-electron chi connectivity index (χ4n) is 2.42. The van der Waals surface area contributed by atoms with Crippen LogP contribution < -0.4 is 10.1 Å². The maximum absolute atomic E-state index is 14.5. The zero-order chi connectivity index (χ0) is 18.4. The number of thiazole rings is 1. The Morgan fingerprint density at radius 1 is 1.35 bits per heavy atom. The van der Waals surface area contributed by atoms with Crippen molar-refractivity contribution in [3.8, 4) is 17.6 Å². The Hall–Kier alpha value is -2.91. The lowest BCUT2D eigenvalue weighted by molar-refractivity contribution is 0.0950. The molecule has 0 saturated carbocycles. The molecule has 0 fully saturated rings. The van der Waals surface area contributed by atoms with E-state index >= 15 is 0 Å². The van der Waals surface area contributed by atoms with Crippen molar-refractivity contribution in [1.29, 1.82) is 0 Å². The summed E-state index contributed by atoms with van der Waals surface area (Å²) in [7, 11) is 0. The quantitative estimate of drug-likeness (QED) is 0.525. The van der Waals surface area contributed by atoms with E-state index in [0.29, 0.717) is 24.2 Å². The van der Waals surface area contributed by atoms with Crippen molar-refractivity contribution in [2.45, 2.75) is 19.9 Å². The van der Waals surface area contributed by atoms with Gasteiger partial charge in [-0.25, -0.2) is 9.37 Å². The van der Waals surface area contributed by atoms with Gasteiger partial charge in [-0.3, -0.25) is 4.79 Å². The molecule has 0 saturated heterocycles. The summed E-state index contributed by atoms with van der Waals surface area (Å²) in [5.41, 5.74) is 3.48. The molecule has 0 unspecified atom stereocenters. The van der Waals surface area contributed by atoms with E-state index in [1.54, 1.807) is 48.8 Å². The summed E-state index contributed by atoms with van der Waals surface area (Å²) in [5, 5.41) is 2.74. The zero-order valence-electron chi connectivity index (χ0n) is 14.2. The average molecular weight is 368 g/mol. The van der Waals surface area contributed by atoms with Crippen LogP contribution in [0.3, 0.4) is 0 Å². The molecule has 6 heteroatoms. The van der Waals surface area contributed by atoms with Gasteiger partial charge in [0.15, 0.2) is 11.6 Å². The van der Waals surface area contributed by atoms with Crippen LogP contribution in [-0.4, -0.2) is 17.5 Å². The van der Waals surface area contributed by atoms with E-state index in [-0.39, 0.29) is 18.2 Å². The van der Waals surface area contributed by atoms with Gasteiger partial charge in [-0.2, -0.15) is 0 Å². The highest BCUT2D eigenvalue weighted by molar-refractivity contribution is 7.16. The summed E-state index contributed by atoms with van der Waals surface area (Å²) in [6, 6.07) is 10.2. The number of nitrogens with zero attached hydrogens (tertiary/aromatic N) is 1. The first-order valence-electron chi connectivity index (χ1n) is 8.10. The zero-order valence-corrected chi connectivity index (χ0v) is 15.0. The summed E-state index contributed by atoms with van der Waals surface area (Å²) in [6.07, 6.45) is 0.539. The number of benzene rings is 2. The third-order valence-electron chi connectivity index (χ3n) is 3.74. The molecule has 1 amide bonds. The highest BCUT2D eigenvalue weighted by Crippen LogP contribution is 2.21. The summed E-state index contributed by atoms with van der Waals surface area (Å²) in [5.74, 6) is 5.07. The number of carbonyl (C=O) groups excluding carboxylic acids is 1. The van der Waals surface area contributed by atoms with Crippen molar-refractivity contribution in [3.05, 3.63) is 58.9 Å². The summed E-state index contributed by atoms with van der Waals surface area (Å²) in [4.78, 5) is 16.5. The number of ether oxygens (including phenoxy) is 1.